The first kappa shape index (κ1) is 14.6. The van der Waals surface area contributed by atoms with Gasteiger partial charge in [0.25, 0.3) is 0 Å². The standard InChI is InChI=1S/C19H19Cl2N/c1-22-10-14-8-13-4-7-16(21)9-17(13)19(18(14)11-22)12-2-5-15(20)6-3-12/h2-7,9,14,18-19H,8,10-11H2,1H3. The van der Waals surface area contributed by atoms with Crippen molar-refractivity contribution in [2.45, 2.75) is 12.3 Å². The lowest BCUT2D eigenvalue weighted by atomic mass is 9.68. The van der Waals surface area contributed by atoms with Gasteiger partial charge >= 0.3 is 0 Å². The number of halogens is 2. The molecular formula is C19H19Cl2N. The van der Waals surface area contributed by atoms with Crippen LogP contribution in [-0.2, 0) is 6.42 Å². The third-order valence-corrected chi connectivity index (χ3v) is 5.74. The lowest BCUT2D eigenvalue weighted by molar-refractivity contribution is 0.351. The second kappa shape index (κ2) is 5.56. The fraction of sp³-hybridized carbons (Fsp3) is 0.368. The van der Waals surface area contributed by atoms with Gasteiger partial charge < -0.3 is 4.90 Å². The Bertz CT molecular complexity index is 695. The first-order valence-electron chi connectivity index (χ1n) is 7.84. The number of hydrogen-bond acceptors (Lipinski definition) is 1. The van der Waals surface area contributed by atoms with Crippen molar-refractivity contribution >= 4 is 23.2 Å². The van der Waals surface area contributed by atoms with Crippen molar-refractivity contribution in [2.75, 3.05) is 20.1 Å². The second-order valence-electron chi connectivity index (χ2n) is 6.72. The summed E-state index contributed by atoms with van der Waals surface area (Å²) in [6.45, 7) is 2.35. The van der Waals surface area contributed by atoms with E-state index < -0.39 is 0 Å². The molecule has 2 aromatic carbocycles. The van der Waals surface area contributed by atoms with E-state index in [1.807, 2.05) is 18.2 Å². The van der Waals surface area contributed by atoms with Crippen molar-refractivity contribution < 1.29 is 0 Å². The van der Waals surface area contributed by atoms with Crippen LogP contribution in [0.25, 0.3) is 0 Å². The molecule has 3 atom stereocenters. The maximum absolute atomic E-state index is 6.29. The van der Waals surface area contributed by atoms with Gasteiger partial charge in [0.15, 0.2) is 0 Å². The quantitative estimate of drug-likeness (QED) is 0.721. The summed E-state index contributed by atoms with van der Waals surface area (Å²) < 4.78 is 0. The van der Waals surface area contributed by atoms with E-state index in [1.165, 1.54) is 29.7 Å². The molecule has 3 heteroatoms. The van der Waals surface area contributed by atoms with E-state index >= 15 is 0 Å². The monoisotopic (exact) mass is 331 g/mol. The van der Waals surface area contributed by atoms with Gasteiger partial charge in [0.1, 0.15) is 0 Å². The molecule has 1 fully saturated rings. The predicted octanol–water partition coefficient (Wildman–Crippen LogP) is 4.86. The zero-order valence-electron chi connectivity index (χ0n) is 12.6. The molecular weight excluding hydrogens is 313 g/mol. The van der Waals surface area contributed by atoms with Gasteiger partial charge in [0, 0.05) is 29.1 Å². The Labute approximate surface area is 141 Å². The summed E-state index contributed by atoms with van der Waals surface area (Å²) >= 11 is 12.4. The Balaban J connectivity index is 1.85. The van der Waals surface area contributed by atoms with Crippen LogP contribution in [0.2, 0.25) is 10.0 Å². The highest BCUT2D eigenvalue weighted by atomic mass is 35.5. The van der Waals surface area contributed by atoms with Gasteiger partial charge in [-0.3, -0.25) is 0 Å². The summed E-state index contributed by atoms with van der Waals surface area (Å²) in [6.07, 6.45) is 1.17. The smallest absolute Gasteiger partial charge is 0.0409 e. The molecule has 1 heterocycles. The highest BCUT2D eigenvalue weighted by Gasteiger charge is 2.42. The summed E-state index contributed by atoms with van der Waals surface area (Å²) in [6, 6.07) is 14.8. The van der Waals surface area contributed by atoms with Crippen LogP contribution in [0.1, 0.15) is 22.6 Å². The van der Waals surface area contributed by atoms with E-state index in [0.29, 0.717) is 11.8 Å². The van der Waals surface area contributed by atoms with Crippen molar-refractivity contribution in [2.24, 2.45) is 11.8 Å². The van der Waals surface area contributed by atoms with Crippen LogP contribution in [0.4, 0.5) is 0 Å². The molecule has 3 unspecified atom stereocenters. The van der Waals surface area contributed by atoms with Gasteiger partial charge in [-0.15, -0.1) is 0 Å². The predicted molar refractivity (Wildman–Crippen MR) is 92.9 cm³/mol. The lowest BCUT2D eigenvalue weighted by Crippen LogP contribution is -2.29. The topological polar surface area (TPSA) is 3.24 Å². The van der Waals surface area contributed by atoms with Gasteiger partial charge in [-0.25, -0.2) is 0 Å². The molecule has 4 rings (SSSR count). The largest absolute Gasteiger partial charge is 0.306 e. The van der Waals surface area contributed by atoms with E-state index in [4.69, 9.17) is 23.2 Å². The molecule has 1 aliphatic carbocycles. The minimum atomic E-state index is 0.426. The Morgan fingerprint density at radius 3 is 2.45 bits per heavy atom. The van der Waals surface area contributed by atoms with Gasteiger partial charge in [-0.2, -0.15) is 0 Å². The minimum Gasteiger partial charge on any atom is -0.306 e. The zero-order valence-corrected chi connectivity index (χ0v) is 14.1. The maximum atomic E-state index is 6.29. The van der Waals surface area contributed by atoms with E-state index in [1.54, 1.807) is 0 Å². The second-order valence-corrected chi connectivity index (χ2v) is 7.59. The summed E-state index contributed by atoms with van der Waals surface area (Å²) in [5, 5.41) is 1.63. The van der Waals surface area contributed by atoms with Crippen molar-refractivity contribution in [1.82, 2.24) is 4.90 Å². The Hall–Kier alpha value is -1.02. The molecule has 114 valence electrons. The molecule has 0 amide bonds. The molecule has 0 spiro atoms. The average molecular weight is 332 g/mol. The van der Waals surface area contributed by atoms with Crippen molar-refractivity contribution in [1.29, 1.82) is 0 Å². The highest BCUT2D eigenvalue weighted by molar-refractivity contribution is 6.30. The van der Waals surface area contributed by atoms with Crippen LogP contribution < -0.4 is 0 Å². The van der Waals surface area contributed by atoms with Crippen LogP contribution >= 0.6 is 23.2 Å². The molecule has 0 bridgehead atoms. The normalized spacial score (nSPS) is 27.5. The Morgan fingerprint density at radius 1 is 0.955 bits per heavy atom. The SMILES string of the molecule is CN1CC2Cc3ccc(Cl)cc3C(c3ccc(Cl)cc3)C2C1. The lowest BCUT2D eigenvalue weighted by Gasteiger charge is -2.36. The molecule has 0 radical (unpaired) electrons. The highest BCUT2D eigenvalue weighted by Crippen LogP contribution is 2.47. The van der Waals surface area contributed by atoms with Gasteiger partial charge in [0.2, 0.25) is 0 Å². The van der Waals surface area contributed by atoms with Crippen molar-refractivity contribution in [3.8, 4) is 0 Å². The van der Waals surface area contributed by atoms with Crippen LogP contribution in [-0.4, -0.2) is 25.0 Å². The summed E-state index contributed by atoms with van der Waals surface area (Å²) in [5.74, 6) is 1.83. The first-order valence-corrected chi connectivity index (χ1v) is 8.60. The molecule has 1 nitrogen and oxygen atoms in total. The van der Waals surface area contributed by atoms with Crippen LogP contribution in [0, 0.1) is 11.8 Å². The third kappa shape index (κ3) is 2.46. The minimum absolute atomic E-state index is 0.426. The van der Waals surface area contributed by atoms with E-state index in [2.05, 4.69) is 36.2 Å². The molecule has 2 aromatic rings. The van der Waals surface area contributed by atoms with E-state index in [0.717, 1.165) is 22.5 Å². The van der Waals surface area contributed by atoms with Crippen LogP contribution in [0.15, 0.2) is 42.5 Å². The van der Waals surface area contributed by atoms with Crippen LogP contribution in [0.5, 0.6) is 0 Å². The number of benzene rings is 2. The number of nitrogens with zero attached hydrogens (tertiary/aromatic N) is 1. The number of rotatable bonds is 1. The van der Waals surface area contributed by atoms with Gasteiger partial charge in [-0.1, -0.05) is 41.4 Å². The van der Waals surface area contributed by atoms with Gasteiger partial charge in [-0.05, 0) is 66.3 Å². The fourth-order valence-corrected chi connectivity index (χ4v) is 4.67. The van der Waals surface area contributed by atoms with E-state index in [-0.39, 0.29) is 0 Å². The molecule has 1 saturated heterocycles. The maximum Gasteiger partial charge on any atom is 0.0409 e. The molecule has 22 heavy (non-hydrogen) atoms. The van der Waals surface area contributed by atoms with Crippen molar-refractivity contribution in [3.63, 3.8) is 0 Å². The third-order valence-electron chi connectivity index (χ3n) is 5.26. The summed E-state index contributed by atoms with van der Waals surface area (Å²) in [4.78, 5) is 2.46. The Kier molecular flexibility index (Phi) is 3.68. The van der Waals surface area contributed by atoms with Gasteiger partial charge in [0.05, 0.1) is 0 Å². The Morgan fingerprint density at radius 2 is 1.68 bits per heavy atom. The number of fused-ring (bicyclic) bond motifs is 2. The summed E-state index contributed by atoms with van der Waals surface area (Å²) in [7, 11) is 2.23. The first-order chi connectivity index (χ1) is 10.6. The zero-order chi connectivity index (χ0) is 15.3. The molecule has 2 aliphatic rings. The molecule has 0 N–H and O–H groups in total. The molecule has 1 aliphatic heterocycles. The number of hydrogen-bond donors (Lipinski definition) is 0. The number of likely N-dealkylation sites (tertiary alicyclic amines) is 1. The van der Waals surface area contributed by atoms with E-state index in [9.17, 15) is 0 Å². The molecule has 0 aromatic heterocycles. The van der Waals surface area contributed by atoms with Crippen molar-refractivity contribution in [3.05, 3.63) is 69.2 Å². The fourth-order valence-electron chi connectivity index (χ4n) is 4.36. The molecule has 0 saturated carbocycles. The average Bonchev–Trinajstić information content (AvgIpc) is 2.86. The van der Waals surface area contributed by atoms with Crippen LogP contribution in [0.3, 0.4) is 0 Å². The summed E-state index contributed by atoms with van der Waals surface area (Å²) in [5.41, 5.74) is 4.23.